The number of nitrogens with zero attached hydrogens (tertiary/aromatic N) is 1. The van der Waals surface area contributed by atoms with Crippen LogP contribution in [0.25, 0.3) is 0 Å². The van der Waals surface area contributed by atoms with Gasteiger partial charge in [0.2, 0.25) is 11.8 Å². The van der Waals surface area contributed by atoms with Crippen molar-refractivity contribution in [2.24, 2.45) is 23.7 Å². The zero-order valence-electron chi connectivity index (χ0n) is 12.3. The molecular formula is C17H19NO2S2. The fraction of sp³-hybridized carbons (Fsp3) is 0.412. The highest BCUT2D eigenvalue weighted by molar-refractivity contribution is 7.80. The van der Waals surface area contributed by atoms with Gasteiger partial charge < -0.3 is 0 Å². The van der Waals surface area contributed by atoms with Gasteiger partial charge in [0, 0.05) is 4.90 Å². The van der Waals surface area contributed by atoms with E-state index in [4.69, 9.17) is 0 Å². The number of anilines is 1. The van der Waals surface area contributed by atoms with Crippen molar-refractivity contribution in [3.8, 4) is 0 Å². The summed E-state index contributed by atoms with van der Waals surface area (Å²) in [6.07, 6.45) is 4.77. The van der Waals surface area contributed by atoms with Gasteiger partial charge in [0.1, 0.15) is 0 Å². The third-order valence-electron chi connectivity index (χ3n) is 4.69. The number of carbonyl (C=O) groups excluding carboxylic acids is 2. The van der Waals surface area contributed by atoms with E-state index >= 15 is 0 Å². The van der Waals surface area contributed by atoms with Crippen LogP contribution >= 0.6 is 25.3 Å². The van der Waals surface area contributed by atoms with E-state index in [2.05, 4.69) is 38.3 Å². The van der Waals surface area contributed by atoms with Crippen LogP contribution in [0.15, 0.2) is 41.3 Å². The molecule has 2 aliphatic rings. The number of hydrogen-bond donors (Lipinski definition) is 2. The Hall–Kier alpha value is -1.20. The first kappa shape index (κ1) is 15.7. The van der Waals surface area contributed by atoms with Crippen LogP contribution in [0.2, 0.25) is 0 Å². The van der Waals surface area contributed by atoms with Gasteiger partial charge >= 0.3 is 0 Å². The van der Waals surface area contributed by atoms with E-state index in [-0.39, 0.29) is 35.5 Å². The van der Waals surface area contributed by atoms with Crippen LogP contribution in [0, 0.1) is 23.7 Å². The molecule has 1 aromatic rings. The zero-order valence-corrected chi connectivity index (χ0v) is 14.1. The third kappa shape index (κ3) is 2.50. The van der Waals surface area contributed by atoms with Crippen molar-refractivity contribution in [2.75, 3.05) is 10.7 Å². The molecule has 5 heteroatoms. The minimum atomic E-state index is -0.254. The lowest BCUT2D eigenvalue weighted by molar-refractivity contribution is -0.123. The van der Waals surface area contributed by atoms with Gasteiger partial charge in [-0.3, -0.25) is 14.5 Å². The smallest absolute Gasteiger partial charge is 0.238 e. The third-order valence-corrected chi connectivity index (χ3v) is 5.57. The highest BCUT2D eigenvalue weighted by Crippen LogP contribution is 2.43. The van der Waals surface area contributed by atoms with E-state index in [1.54, 1.807) is 24.3 Å². The van der Waals surface area contributed by atoms with Gasteiger partial charge in [-0.15, -0.1) is 12.6 Å². The number of imide groups is 1. The normalized spacial score (nSPS) is 28.9. The van der Waals surface area contributed by atoms with E-state index in [0.717, 1.165) is 4.90 Å². The highest BCUT2D eigenvalue weighted by Gasteiger charge is 2.52. The zero-order chi connectivity index (χ0) is 15.9. The molecule has 3 unspecified atom stereocenters. The van der Waals surface area contributed by atoms with Gasteiger partial charge in [-0.1, -0.05) is 19.1 Å². The standard InChI is InChI=1S/C17H19NO2S2/c1-10(9-21)13-3-2-4-14-15(13)17(20)18(16(14)19)11-5-7-12(22)8-6-11/h2-3,5-8,10,13-15,21-22H,4,9H2,1H3/t10-,13?,14?,15?/m1/s1. The average Bonchev–Trinajstić information content (AvgIpc) is 2.79. The summed E-state index contributed by atoms with van der Waals surface area (Å²) in [6.45, 7) is 2.08. The maximum absolute atomic E-state index is 12.9. The summed E-state index contributed by atoms with van der Waals surface area (Å²) in [5, 5.41) is 0. The van der Waals surface area contributed by atoms with Gasteiger partial charge in [0.15, 0.2) is 0 Å². The number of benzene rings is 1. The SMILES string of the molecule is C[C@H](CS)C1C=CCC2C(=O)N(c3ccc(S)cc3)C(=O)C21. The van der Waals surface area contributed by atoms with Crippen LogP contribution in [0.5, 0.6) is 0 Å². The van der Waals surface area contributed by atoms with Crippen LogP contribution in [-0.4, -0.2) is 17.6 Å². The Kier molecular flexibility index (Phi) is 4.37. The predicted molar refractivity (Wildman–Crippen MR) is 93.4 cm³/mol. The maximum atomic E-state index is 12.9. The fourth-order valence-electron chi connectivity index (χ4n) is 3.45. The fourth-order valence-corrected chi connectivity index (χ4v) is 3.85. The molecule has 0 saturated carbocycles. The van der Waals surface area contributed by atoms with Gasteiger partial charge in [-0.05, 0) is 48.3 Å². The minimum absolute atomic E-state index is 0.0788. The van der Waals surface area contributed by atoms with Gasteiger partial charge in [-0.25, -0.2) is 0 Å². The van der Waals surface area contributed by atoms with Crippen molar-refractivity contribution in [1.29, 1.82) is 0 Å². The number of fused-ring (bicyclic) bond motifs is 1. The lowest BCUT2D eigenvalue weighted by Gasteiger charge is -2.30. The monoisotopic (exact) mass is 333 g/mol. The molecule has 1 aliphatic carbocycles. The molecule has 0 spiro atoms. The number of rotatable bonds is 3. The topological polar surface area (TPSA) is 37.4 Å². The Labute approximate surface area is 141 Å². The molecule has 0 aromatic heterocycles. The van der Waals surface area contributed by atoms with E-state index in [9.17, 15) is 9.59 Å². The summed E-state index contributed by atoms with van der Waals surface area (Å²) < 4.78 is 0. The van der Waals surface area contributed by atoms with Crippen molar-refractivity contribution in [3.05, 3.63) is 36.4 Å². The van der Waals surface area contributed by atoms with E-state index < -0.39 is 0 Å². The van der Waals surface area contributed by atoms with Crippen LogP contribution in [0.3, 0.4) is 0 Å². The molecule has 116 valence electrons. The first-order valence-electron chi connectivity index (χ1n) is 7.49. The minimum Gasteiger partial charge on any atom is -0.274 e. The van der Waals surface area contributed by atoms with E-state index in [0.29, 0.717) is 17.9 Å². The molecule has 0 N–H and O–H groups in total. The molecule has 3 nitrogen and oxygen atoms in total. The van der Waals surface area contributed by atoms with Crippen LogP contribution in [0.4, 0.5) is 5.69 Å². The molecule has 1 heterocycles. The first-order valence-corrected chi connectivity index (χ1v) is 8.57. The number of hydrogen-bond acceptors (Lipinski definition) is 4. The van der Waals surface area contributed by atoms with E-state index in [1.807, 2.05) is 6.08 Å². The van der Waals surface area contributed by atoms with Crippen molar-refractivity contribution in [2.45, 2.75) is 18.2 Å². The molecule has 1 saturated heterocycles. The second-order valence-electron chi connectivity index (χ2n) is 6.06. The Morgan fingerprint density at radius 1 is 1.23 bits per heavy atom. The largest absolute Gasteiger partial charge is 0.274 e. The van der Waals surface area contributed by atoms with E-state index in [1.165, 1.54) is 4.90 Å². The average molecular weight is 333 g/mol. The number of carbonyl (C=O) groups is 2. The summed E-state index contributed by atoms with van der Waals surface area (Å²) in [5.41, 5.74) is 0.638. The van der Waals surface area contributed by atoms with Gasteiger partial charge in [0.25, 0.3) is 0 Å². The molecule has 4 atom stereocenters. The molecule has 2 amide bonds. The van der Waals surface area contributed by atoms with Crippen molar-refractivity contribution >= 4 is 42.8 Å². The summed E-state index contributed by atoms with van der Waals surface area (Å²) in [7, 11) is 0. The van der Waals surface area contributed by atoms with Crippen LogP contribution in [0.1, 0.15) is 13.3 Å². The van der Waals surface area contributed by atoms with Crippen LogP contribution in [-0.2, 0) is 9.59 Å². The molecule has 1 fully saturated rings. The van der Waals surface area contributed by atoms with Crippen LogP contribution < -0.4 is 4.90 Å². The molecule has 1 aromatic carbocycles. The Morgan fingerprint density at radius 2 is 1.91 bits per heavy atom. The lowest BCUT2D eigenvalue weighted by atomic mass is 9.72. The maximum Gasteiger partial charge on any atom is 0.238 e. The summed E-state index contributed by atoms with van der Waals surface area (Å²) >= 11 is 8.61. The quantitative estimate of drug-likeness (QED) is 0.506. The summed E-state index contributed by atoms with van der Waals surface area (Å²) in [6, 6.07) is 7.15. The number of amides is 2. The summed E-state index contributed by atoms with van der Waals surface area (Å²) in [5.74, 6) is 0.405. The molecular weight excluding hydrogens is 314 g/mol. The Morgan fingerprint density at radius 3 is 2.55 bits per heavy atom. The molecule has 22 heavy (non-hydrogen) atoms. The molecule has 0 bridgehead atoms. The number of allylic oxidation sites excluding steroid dienone is 2. The Balaban J connectivity index is 1.96. The molecule has 1 aliphatic heterocycles. The highest BCUT2D eigenvalue weighted by atomic mass is 32.1. The van der Waals surface area contributed by atoms with Gasteiger partial charge in [0.05, 0.1) is 17.5 Å². The lowest BCUT2D eigenvalue weighted by Crippen LogP contribution is -2.34. The van der Waals surface area contributed by atoms with Crippen molar-refractivity contribution < 1.29 is 9.59 Å². The second kappa shape index (κ2) is 6.13. The second-order valence-corrected chi connectivity index (χ2v) is 6.94. The first-order chi connectivity index (χ1) is 10.5. The van der Waals surface area contributed by atoms with Gasteiger partial charge in [-0.2, -0.15) is 12.6 Å². The van der Waals surface area contributed by atoms with Crippen molar-refractivity contribution in [1.82, 2.24) is 0 Å². The molecule has 3 rings (SSSR count). The molecule has 0 radical (unpaired) electrons. The Bertz CT molecular complexity index is 626. The summed E-state index contributed by atoms with van der Waals surface area (Å²) in [4.78, 5) is 27.8. The van der Waals surface area contributed by atoms with Crippen molar-refractivity contribution in [3.63, 3.8) is 0 Å². The number of thiol groups is 2. The predicted octanol–water partition coefficient (Wildman–Crippen LogP) is 3.22.